The van der Waals surface area contributed by atoms with Crippen LogP contribution in [0.3, 0.4) is 0 Å². The lowest BCUT2D eigenvalue weighted by molar-refractivity contribution is 0.0600. The Balaban J connectivity index is 1.74. The number of anilines is 2. The van der Waals surface area contributed by atoms with E-state index < -0.39 is 5.97 Å². The fraction of sp³-hybridized carbons (Fsp3) is 0.136. The van der Waals surface area contributed by atoms with Gasteiger partial charge in [0.1, 0.15) is 12.4 Å². The van der Waals surface area contributed by atoms with Crippen LogP contribution in [0, 0.1) is 0 Å². The van der Waals surface area contributed by atoms with Gasteiger partial charge in [0, 0.05) is 24.5 Å². The number of benzene rings is 2. The van der Waals surface area contributed by atoms with Crippen LogP contribution in [0.2, 0.25) is 0 Å². The van der Waals surface area contributed by atoms with E-state index in [0.29, 0.717) is 33.9 Å². The summed E-state index contributed by atoms with van der Waals surface area (Å²) < 4.78 is 10.5. The van der Waals surface area contributed by atoms with E-state index in [1.165, 1.54) is 18.2 Å². The standard InChI is InChI=1S/C22H21N3O4/c1-25(21(26)15-7-10-17(23)11-8-15)19-5-3-4-6-20(19)29-14-18-12-9-16(13-24-18)22(27)28-2/h3-13H,14,23H2,1-2H3. The van der Waals surface area contributed by atoms with Crippen molar-refractivity contribution in [2.75, 3.05) is 24.8 Å². The minimum atomic E-state index is -0.446. The summed E-state index contributed by atoms with van der Waals surface area (Å²) in [5.41, 5.74) is 8.44. The molecule has 0 aliphatic rings. The molecule has 2 aromatic carbocycles. The van der Waals surface area contributed by atoms with Gasteiger partial charge in [0.2, 0.25) is 0 Å². The van der Waals surface area contributed by atoms with Crippen LogP contribution in [0.1, 0.15) is 26.4 Å². The van der Waals surface area contributed by atoms with Crippen molar-refractivity contribution >= 4 is 23.3 Å². The van der Waals surface area contributed by atoms with E-state index >= 15 is 0 Å². The highest BCUT2D eigenvalue weighted by atomic mass is 16.5. The van der Waals surface area contributed by atoms with E-state index in [1.807, 2.05) is 12.1 Å². The van der Waals surface area contributed by atoms with E-state index in [1.54, 1.807) is 55.6 Å². The predicted molar refractivity (Wildman–Crippen MR) is 110 cm³/mol. The first-order chi connectivity index (χ1) is 14.0. The molecule has 7 nitrogen and oxygen atoms in total. The maximum Gasteiger partial charge on any atom is 0.339 e. The molecule has 3 rings (SSSR count). The number of amides is 1. The van der Waals surface area contributed by atoms with Crippen LogP contribution in [0.4, 0.5) is 11.4 Å². The van der Waals surface area contributed by atoms with Crippen LogP contribution >= 0.6 is 0 Å². The number of para-hydroxylation sites is 2. The minimum absolute atomic E-state index is 0.179. The lowest BCUT2D eigenvalue weighted by Gasteiger charge is -2.21. The Morgan fingerprint density at radius 2 is 1.69 bits per heavy atom. The zero-order chi connectivity index (χ0) is 20.8. The molecule has 7 heteroatoms. The average molecular weight is 391 g/mol. The highest BCUT2D eigenvalue weighted by Gasteiger charge is 2.17. The van der Waals surface area contributed by atoms with Crippen LogP contribution in [-0.4, -0.2) is 31.0 Å². The number of carbonyl (C=O) groups excluding carboxylic acids is 2. The van der Waals surface area contributed by atoms with E-state index in [0.717, 1.165) is 0 Å². The van der Waals surface area contributed by atoms with Gasteiger partial charge in [-0.15, -0.1) is 0 Å². The molecule has 1 heterocycles. The topological polar surface area (TPSA) is 94.8 Å². The molecule has 0 aliphatic heterocycles. The molecule has 0 bridgehead atoms. The Morgan fingerprint density at radius 1 is 1.00 bits per heavy atom. The zero-order valence-corrected chi connectivity index (χ0v) is 16.2. The first-order valence-corrected chi connectivity index (χ1v) is 8.88. The number of aromatic nitrogens is 1. The molecule has 0 atom stereocenters. The van der Waals surface area contributed by atoms with Gasteiger partial charge in [0.15, 0.2) is 0 Å². The largest absolute Gasteiger partial charge is 0.485 e. The molecule has 0 aliphatic carbocycles. The fourth-order valence-electron chi connectivity index (χ4n) is 2.69. The van der Waals surface area contributed by atoms with E-state index in [4.69, 9.17) is 10.5 Å². The Hall–Kier alpha value is -3.87. The highest BCUT2D eigenvalue weighted by molar-refractivity contribution is 6.06. The Kier molecular flexibility index (Phi) is 6.09. The van der Waals surface area contributed by atoms with Crippen molar-refractivity contribution in [3.63, 3.8) is 0 Å². The molecule has 3 aromatic rings. The predicted octanol–water partition coefficient (Wildman–Crippen LogP) is 3.31. The molecule has 0 unspecified atom stereocenters. The van der Waals surface area contributed by atoms with Crippen LogP contribution in [-0.2, 0) is 11.3 Å². The van der Waals surface area contributed by atoms with Crippen molar-refractivity contribution in [3.05, 3.63) is 83.7 Å². The summed E-state index contributed by atoms with van der Waals surface area (Å²) in [6.45, 7) is 0.183. The summed E-state index contributed by atoms with van der Waals surface area (Å²) in [7, 11) is 3.00. The Bertz CT molecular complexity index is 1000. The Labute approximate surface area is 168 Å². The van der Waals surface area contributed by atoms with E-state index in [-0.39, 0.29) is 12.5 Å². The molecular weight excluding hydrogens is 370 g/mol. The molecule has 0 radical (unpaired) electrons. The molecule has 0 saturated heterocycles. The van der Waals surface area contributed by atoms with Crippen molar-refractivity contribution in [1.82, 2.24) is 4.98 Å². The summed E-state index contributed by atoms with van der Waals surface area (Å²) in [5, 5.41) is 0. The second-order valence-electron chi connectivity index (χ2n) is 6.27. The Morgan fingerprint density at radius 3 is 2.34 bits per heavy atom. The molecule has 148 valence electrons. The number of hydrogen-bond acceptors (Lipinski definition) is 6. The van der Waals surface area contributed by atoms with Crippen molar-refractivity contribution < 1.29 is 19.1 Å². The monoisotopic (exact) mass is 391 g/mol. The van der Waals surface area contributed by atoms with Gasteiger partial charge in [-0.1, -0.05) is 12.1 Å². The summed E-state index contributed by atoms with van der Waals surface area (Å²) >= 11 is 0. The number of nitrogen functional groups attached to an aromatic ring is 1. The van der Waals surface area contributed by atoms with E-state index in [9.17, 15) is 9.59 Å². The van der Waals surface area contributed by atoms with Crippen LogP contribution < -0.4 is 15.4 Å². The third-order valence-electron chi connectivity index (χ3n) is 4.31. The molecule has 1 aromatic heterocycles. The van der Waals surface area contributed by atoms with Crippen molar-refractivity contribution in [2.45, 2.75) is 6.61 Å². The minimum Gasteiger partial charge on any atom is -0.485 e. The summed E-state index contributed by atoms with van der Waals surface area (Å²) in [6, 6.07) is 17.3. The summed E-state index contributed by atoms with van der Waals surface area (Å²) in [6.07, 6.45) is 1.44. The molecule has 0 fully saturated rings. The maximum atomic E-state index is 12.8. The number of rotatable bonds is 6. The number of esters is 1. The third-order valence-corrected chi connectivity index (χ3v) is 4.31. The zero-order valence-electron chi connectivity index (χ0n) is 16.2. The van der Waals surface area contributed by atoms with Gasteiger partial charge in [-0.05, 0) is 48.5 Å². The molecular formula is C22H21N3O4. The van der Waals surface area contributed by atoms with E-state index in [2.05, 4.69) is 9.72 Å². The second kappa shape index (κ2) is 8.88. The lowest BCUT2D eigenvalue weighted by Crippen LogP contribution is -2.26. The summed E-state index contributed by atoms with van der Waals surface area (Å²) in [4.78, 5) is 30.0. The number of hydrogen-bond donors (Lipinski definition) is 1. The number of pyridine rings is 1. The van der Waals surface area contributed by atoms with Gasteiger partial charge < -0.3 is 20.1 Å². The van der Waals surface area contributed by atoms with Gasteiger partial charge >= 0.3 is 5.97 Å². The van der Waals surface area contributed by atoms with Crippen molar-refractivity contribution in [1.29, 1.82) is 0 Å². The number of nitrogens with two attached hydrogens (primary N) is 1. The first kappa shape index (κ1) is 19.9. The quantitative estimate of drug-likeness (QED) is 0.512. The molecule has 1 amide bonds. The molecule has 29 heavy (non-hydrogen) atoms. The third kappa shape index (κ3) is 4.70. The fourth-order valence-corrected chi connectivity index (χ4v) is 2.69. The number of nitrogens with zero attached hydrogens (tertiary/aromatic N) is 2. The number of carbonyl (C=O) groups is 2. The SMILES string of the molecule is COC(=O)c1ccc(COc2ccccc2N(C)C(=O)c2ccc(N)cc2)nc1. The first-order valence-electron chi connectivity index (χ1n) is 8.88. The van der Waals surface area contributed by atoms with Crippen LogP contribution in [0.15, 0.2) is 66.9 Å². The van der Waals surface area contributed by atoms with Crippen LogP contribution in [0.25, 0.3) is 0 Å². The second-order valence-corrected chi connectivity index (χ2v) is 6.27. The lowest BCUT2D eigenvalue weighted by atomic mass is 10.1. The van der Waals surface area contributed by atoms with Crippen LogP contribution in [0.5, 0.6) is 5.75 Å². The number of methoxy groups -OCH3 is 1. The average Bonchev–Trinajstić information content (AvgIpc) is 2.77. The van der Waals surface area contributed by atoms with Gasteiger partial charge in [0.05, 0.1) is 24.1 Å². The van der Waals surface area contributed by atoms with Crippen molar-refractivity contribution in [3.8, 4) is 5.75 Å². The van der Waals surface area contributed by atoms with Gasteiger partial charge in [-0.2, -0.15) is 0 Å². The maximum absolute atomic E-state index is 12.8. The number of ether oxygens (including phenoxy) is 2. The smallest absolute Gasteiger partial charge is 0.339 e. The van der Waals surface area contributed by atoms with Gasteiger partial charge in [-0.3, -0.25) is 9.78 Å². The molecule has 0 spiro atoms. The van der Waals surface area contributed by atoms with Gasteiger partial charge in [-0.25, -0.2) is 4.79 Å². The highest BCUT2D eigenvalue weighted by Crippen LogP contribution is 2.29. The normalized spacial score (nSPS) is 10.3. The summed E-state index contributed by atoms with van der Waals surface area (Å²) in [5.74, 6) is -0.0858. The molecule has 0 saturated carbocycles. The molecule has 2 N–H and O–H groups in total. The van der Waals surface area contributed by atoms with Crippen molar-refractivity contribution in [2.24, 2.45) is 0 Å². The van der Waals surface area contributed by atoms with Gasteiger partial charge in [0.25, 0.3) is 5.91 Å².